The maximum atomic E-state index is 5.56. The predicted octanol–water partition coefficient (Wildman–Crippen LogP) is 2.19. The molecule has 0 saturated carbocycles. The van der Waals surface area contributed by atoms with Crippen LogP contribution in [-0.4, -0.2) is 32.5 Å². The van der Waals surface area contributed by atoms with E-state index in [4.69, 9.17) is 15.2 Å². The SMILES string of the molecule is CCOC(CN)CCOCCC(C)(C)C. The van der Waals surface area contributed by atoms with Gasteiger partial charge >= 0.3 is 0 Å². The van der Waals surface area contributed by atoms with Crippen LogP contribution < -0.4 is 5.73 Å². The van der Waals surface area contributed by atoms with Gasteiger partial charge in [0.15, 0.2) is 0 Å². The molecule has 2 N–H and O–H groups in total. The summed E-state index contributed by atoms with van der Waals surface area (Å²) in [6, 6.07) is 0. The van der Waals surface area contributed by atoms with Gasteiger partial charge in [-0.15, -0.1) is 0 Å². The molecule has 0 spiro atoms. The summed E-state index contributed by atoms with van der Waals surface area (Å²) in [4.78, 5) is 0. The second-order valence-corrected chi connectivity index (χ2v) is 5.02. The smallest absolute Gasteiger partial charge is 0.0719 e. The van der Waals surface area contributed by atoms with Gasteiger partial charge in [-0.25, -0.2) is 0 Å². The van der Waals surface area contributed by atoms with E-state index >= 15 is 0 Å². The highest BCUT2D eigenvalue weighted by Crippen LogP contribution is 2.17. The van der Waals surface area contributed by atoms with Gasteiger partial charge in [-0.05, 0) is 25.2 Å². The van der Waals surface area contributed by atoms with Crippen LogP contribution in [-0.2, 0) is 9.47 Å². The van der Waals surface area contributed by atoms with Crippen molar-refractivity contribution in [1.29, 1.82) is 0 Å². The van der Waals surface area contributed by atoms with Crippen molar-refractivity contribution in [2.24, 2.45) is 11.1 Å². The summed E-state index contributed by atoms with van der Waals surface area (Å²) in [5.74, 6) is 0. The number of ether oxygens (including phenoxy) is 2. The van der Waals surface area contributed by atoms with Gasteiger partial charge in [0.05, 0.1) is 6.10 Å². The fourth-order valence-electron chi connectivity index (χ4n) is 1.20. The van der Waals surface area contributed by atoms with E-state index in [0.717, 1.165) is 32.7 Å². The Morgan fingerprint density at radius 1 is 1.20 bits per heavy atom. The largest absolute Gasteiger partial charge is 0.381 e. The van der Waals surface area contributed by atoms with Gasteiger partial charge in [0, 0.05) is 26.4 Å². The Labute approximate surface area is 94.3 Å². The normalized spacial score (nSPS) is 14.2. The fraction of sp³-hybridized carbons (Fsp3) is 1.00. The molecule has 0 aromatic carbocycles. The van der Waals surface area contributed by atoms with Gasteiger partial charge in [-0.2, -0.15) is 0 Å². The average molecular weight is 217 g/mol. The summed E-state index contributed by atoms with van der Waals surface area (Å²) in [5, 5.41) is 0. The Hall–Kier alpha value is -0.120. The summed E-state index contributed by atoms with van der Waals surface area (Å²) in [6.07, 6.45) is 2.15. The van der Waals surface area contributed by atoms with Gasteiger partial charge in [-0.3, -0.25) is 0 Å². The molecule has 1 unspecified atom stereocenters. The molecule has 0 amide bonds. The van der Waals surface area contributed by atoms with Crippen LogP contribution in [0.5, 0.6) is 0 Å². The molecule has 0 aliphatic carbocycles. The Bertz CT molecular complexity index is 143. The minimum Gasteiger partial charge on any atom is -0.381 e. The van der Waals surface area contributed by atoms with Crippen molar-refractivity contribution >= 4 is 0 Å². The third-order valence-electron chi connectivity index (χ3n) is 2.25. The van der Waals surface area contributed by atoms with Crippen LogP contribution in [0, 0.1) is 5.41 Å². The summed E-state index contributed by atoms with van der Waals surface area (Å²) in [6.45, 7) is 11.5. The van der Waals surface area contributed by atoms with Crippen LogP contribution in [0.4, 0.5) is 0 Å². The molecule has 0 aromatic heterocycles. The number of hydrogen-bond donors (Lipinski definition) is 1. The van der Waals surface area contributed by atoms with E-state index in [2.05, 4.69) is 20.8 Å². The van der Waals surface area contributed by atoms with E-state index in [0.29, 0.717) is 12.0 Å². The van der Waals surface area contributed by atoms with E-state index in [1.807, 2.05) is 6.92 Å². The molecule has 0 saturated heterocycles. The van der Waals surface area contributed by atoms with Gasteiger partial charge in [-0.1, -0.05) is 20.8 Å². The molecule has 0 rings (SSSR count). The molecule has 0 bridgehead atoms. The van der Waals surface area contributed by atoms with Crippen LogP contribution in [0.1, 0.15) is 40.5 Å². The summed E-state index contributed by atoms with van der Waals surface area (Å²) >= 11 is 0. The lowest BCUT2D eigenvalue weighted by atomic mass is 9.93. The molecular weight excluding hydrogens is 190 g/mol. The van der Waals surface area contributed by atoms with Crippen LogP contribution in [0.2, 0.25) is 0 Å². The number of rotatable bonds is 8. The maximum absolute atomic E-state index is 5.56. The second-order valence-electron chi connectivity index (χ2n) is 5.02. The molecule has 0 aliphatic heterocycles. The molecule has 3 heteroatoms. The van der Waals surface area contributed by atoms with Crippen molar-refractivity contribution in [3.05, 3.63) is 0 Å². The molecule has 0 radical (unpaired) electrons. The van der Waals surface area contributed by atoms with Crippen LogP contribution in [0.3, 0.4) is 0 Å². The first-order valence-electron chi connectivity index (χ1n) is 5.89. The molecule has 0 fully saturated rings. The summed E-state index contributed by atoms with van der Waals surface area (Å²) in [5.41, 5.74) is 5.92. The van der Waals surface area contributed by atoms with Crippen molar-refractivity contribution in [2.75, 3.05) is 26.4 Å². The zero-order valence-electron chi connectivity index (χ0n) is 10.7. The second kappa shape index (κ2) is 8.08. The third-order valence-corrected chi connectivity index (χ3v) is 2.25. The highest BCUT2D eigenvalue weighted by molar-refractivity contribution is 4.61. The Kier molecular flexibility index (Phi) is 8.02. The first-order chi connectivity index (χ1) is 6.99. The third kappa shape index (κ3) is 10.2. The first-order valence-corrected chi connectivity index (χ1v) is 5.89. The monoisotopic (exact) mass is 217 g/mol. The van der Waals surface area contributed by atoms with Gasteiger partial charge < -0.3 is 15.2 Å². The molecular formula is C12H27NO2. The highest BCUT2D eigenvalue weighted by Gasteiger charge is 2.10. The molecule has 0 heterocycles. The Balaban J connectivity index is 3.36. The number of hydrogen-bond acceptors (Lipinski definition) is 3. The minimum atomic E-state index is 0.157. The van der Waals surface area contributed by atoms with Crippen molar-refractivity contribution in [1.82, 2.24) is 0 Å². The maximum Gasteiger partial charge on any atom is 0.0719 e. The molecule has 92 valence electrons. The lowest BCUT2D eigenvalue weighted by Crippen LogP contribution is -2.25. The summed E-state index contributed by atoms with van der Waals surface area (Å²) in [7, 11) is 0. The van der Waals surface area contributed by atoms with E-state index in [1.54, 1.807) is 0 Å². The molecule has 15 heavy (non-hydrogen) atoms. The zero-order valence-corrected chi connectivity index (χ0v) is 10.7. The van der Waals surface area contributed by atoms with Crippen molar-refractivity contribution in [3.8, 4) is 0 Å². The van der Waals surface area contributed by atoms with Crippen molar-refractivity contribution in [3.63, 3.8) is 0 Å². The Morgan fingerprint density at radius 3 is 2.33 bits per heavy atom. The predicted molar refractivity (Wildman–Crippen MR) is 64.0 cm³/mol. The molecule has 1 atom stereocenters. The first kappa shape index (κ1) is 14.9. The van der Waals surface area contributed by atoms with E-state index in [-0.39, 0.29) is 6.10 Å². The lowest BCUT2D eigenvalue weighted by molar-refractivity contribution is 0.0283. The van der Waals surface area contributed by atoms with Crippen molar-refractivity contribution < 1.29 is 9.47 Å². The topological polar surface area (TPSA) is 44.5 Å². The zero-order chi connectivity index (χ0) is 11.7. The average Bonchev–Trinajstić information content (AvgIpc) is 2.14. The van der Waals surface area contributed by atoms with Crippen LogP contribution in [0.25, 0.3) is 0 Å². The van der Waals surface area contributed by atoms with Gasteiger partial charge in [0.1, 0.15) is 0 Å². The van der Waals surface area contributed by atoms with E-state index in [9.17, 15) is 0 Å². The quantitative estimate of drug-likeness (QED) is 0.634. The van der Waals surface area contributed by atoms with Crippen LogP contribution in [0.15, 0.2) is 0 Å². The van der Waals surface area contributed by atoms with Crippen LogP contribution >= 0.6 is 0 Å². The van der Waals surface area contributed by atoms with E-state index in [1.165, 1.54) is 0 Å². The van der Waals surface area contributed by atoms with Gasteiger partial charge in [0.2, 0.25) is 0 Å². The van der Waals surface area contributed by atoms with Crippen molar-refractivity contribution in [2.45, 2.75) is 46.6 Å². The number of nitrogens with two attached hydrogens (primary N) is 1. The molecule has 0 aromatic rings. The summed E-state index contributed by atoms with van der Waals surface area (Å²) < 4.78 is 11.0. The van der Waals surface area contributed by atoms with E-state index < -0.39 is 0 Å². The highest BCUT2D eigenvalue weighted by atomic mass is 16.5. The lowest BCUT2D eigenvalue weighted by Gasteiger charge is -2.18. The minimum absolute atomic E-state index is 0.157. The standard InChI is InChI=1S/C12H27NO2/c1-5-15-11(10-13)6-8-14-9-7-12(2,3)4/h11H,5-10,13H2,1-4H3. The fourth-order valence-corrected chi connectivity index (χ4v) is 1.20. The molecule has 3 nitrogen and oxygen atoms in total. The molecule has 0 aliphatic rings. The Morgan fingerprint density at radius 2 is 1.87 bits per heavy atom. The van der Waals surface area contributed by atoms with Gasteiger partial charge in [0.25, 0.3) is 0 Å².